The number of likely N-dealkylation sites (tertiary alicyclic amines) is 1. The Bertz CT molecular complexity index is 245. The van der Waals surface area contributed by atoms with Crippen LogP contribution in [-0.4, -0.2) is 43.0 Å². The molecule has 1 heterocycles. The highest BCUT2D eigenvalue weighted by atomic mass is 16.1. The molecule has 1 saturated carbocycles. The molecule has 2 fully saturated rings. The minimum atomic E-state index is -0.223. The number of nitrogens with zero attached hydrogens (tertiary/aromatic N) is 1. The third kappa shape index (κ3) is 2.55. The number of hydrogen-bond donors (Lipinski definition) is 2. The summed E-state index contributed by atoms with van der Waals surface area (Å²) < 4.78 is 0. The molecule has 3 N–H and O–H groups in total. The van der Waals surface area contributed by atoms with Crippen LogP contribution in [0.25, 0.3) is 0 Å². The molecular weight excluding hydrogens is 202 g/mol. The molecule has 0 aromatic rings. The van der Waals surface area contributed by atoms with Gasteiger partial charge in [0.05, 0.1) is 6.04 Å². The Hall–Kier alpha value is -0.610. The van der Waals surface area contributed by atoms with Gasteiger partial charge in [-0.25, -0.2) is 0 Å². The topological polar surface area (TPSA) is 58.4 Å². The lowest BCUT2D eigenvalue weighted by molar-refractivity contribution is -0.120. The number of carbonyl (C=O) groups excluding carboxylic acids is 1. The number of fused-ring (bicyclic) bond motifs is 1. The van der Waals surface area contributed by atoms with Crippen LogP contribution < -0.4 is 11.1 Å². The van der Waals surface area contributed by atoms with Crippen molar-refractivity contribution in [2.45, 2.75) is 32.2 Å². The van der Waals surface area contributed by atoms with Gasteiger partial charge in [-0.3, -0.25) is 4.79 Å². The Morgan fingerprint density at radius 1 is 1.44 bits per heavy atom. The van der Waals surface area contributed by atoms with E-state index in [1.807, 2.05) is 6.92 Å². The van der Waals surface area contributed by atoms with Gasteiger partial charge in [0.1, 0.15) is 0 Å². The molecule has 3 atom stereocenters. The van der Waals surface area contributed by atoms with E-state index in [1.165, 1.54) is 32.4 Å². The maximum absolute atomic E-state index is 11.3. The van der Waals surface area contributed by atoms with Crippen molar-refractivity contribution in [3.8, 4) is 0 Å². The molecule has 0 spiro atoms. The fourth-order valence-electron chi connectivity index (χ4n) is 3.24. The summed E-state index contributed by atoms with van der Waals surface area (Å²) in [4.78, 5) is 13.7. The van der Waals surface area contributed by atoms with Crippen molar-refractivity contribution in [3.05, 3.63) is 0 Å². The Morgan fingerprint density at radius 3 is 2.56 bits per heavy atom. The van der Waals surface area contributed by atoms with Crippen molar-refractivity contribution >= 4 is 5.91 Å². The summed E-state index contributed by atoms with van der Waals surface area (Å²) in [5.41, 5.74) is 5.39. The van der Waals surface area contributed by atoms with E-state index in [0.29, 0.717) is 0 Å². The van der Waals surface area contributed by atoms with E-state index in [-0.39, 0.29) is 11.9 Å². The van der Waals surface area contributed by atoms with Crippen LogP contribution >= 0.6 is 0 Å². The summed E-state index contributed by atoms with van der Waals surface area (Å²) >= 11 is 0. The number of nitrogens with one attached hydrogen (secondary N) is 1. The lowest BCUT2D eigenvalue weighted by Gasteiger charge is -2.22. The second kappa shape index (κ2) is 5.15. The minimum absolute atomic E-state index is 0.177. The summed E-state index contributed by atoms with van der Waals surface area (Å²) in [7, 11) is 0. The quantitative estimate of drug-likeness (QED) is 0.702. The van der Waals surface area contributed by atoms with Crippen LogP contribution in [0.2, 0.25) is 0 Å². The highest BCUT2D eigenvalue weighted by molar-refractivity contribution is 5.80. The molecule has 1 saturated heterocycles. The van der Waals surface area contributed by atoms with Crippen molar-refractivity contribution in [1.29, 1.82) is 0 Å². The van der Waals surface area contributed by atoms with Gasteiger partial charge in [-0.05, 0) is 31.2 Å². The van der Waals surface area contributed by atoms with Crippen molar-refractivity contribution in [2.75, 3.05) is 26.2 Å². The van der Waals surface area contributed by atoms with Gasteiger partial charge in [0.15, 0.2) is 0 Å². The molecule has 1 amide bonds. The molecule has 1 aliphatic carbocycles. The SMILES string of the molecule is CCNC(CN1CC2CCCC2C1)C(N)=O. The number of hydrogen-bond acceptors (Lipinski definition) is 3. The lowest BCUT2D eigenvalue weighted by atomic mass is 10.0. The van der Waals surface area contributed by atoms with E-state index in [1.54, 1.807) is 0 Å². The lowest BCUT2D eigenvalue weighted by Crippen LogP contribution is -2.48. The van der Waals surface area contributed by atoms with Crippen LogP contribution in [0, 0.1) is 11.8 Å². The smallest absolute Gasteiger partial charge is 0.235 e. The zero-order chi connectivity index (χ0) is 11.5. The van der Waals surface area contributed by atoms with E-state index in [4.69, 9.17) is 5.73 Å². The average Bonchev–Trinajstić information content (AvgIpc) is 2.76. The van der Waals surface area contributed by atoms with Gasteiger partial charge in [0.2, 0.25) is 5.91 Å². The predicted molar refractivity (Wildman–Crippen MR) is 63.9 cm³/mol. The van der Waals surface area contributed by atoms with Gasteiger partial charge in [0, 0.05) is 19.6 Å². The molecule has 0 radical (unpaired) electrons. The molecule has 2 aliphatic rings. The molecular formula is C12H23N3O. The first kappa shape index (κ1) is 11.9. The molecule has 3 unspecified atom stereocenters. The molecule has 2 rings (SSSR count). The Labute approximate surface area is 97.6 Å². The van der Waals surface area contributed by atoms with Gasteiger partial charge < -0.3 is 16.0 Å². The molecule has 0 bridgehead atoms. The Kier molecular flexibility index (Phi) is 3.82. The summed E-state index contributed by atoms with van der Waals surface area (Å²) in [6.45, 7) is 5.93. The number of rotatable bonds is 5. The summed E-state index contributed by atoms with van der Waals surface area (Å²) in [6.07, 6.45) is 4.16. The van der Waals surface area contributed by atoms with Gasteiger partial charge in [-0.15, -0.1) is 0 Å². The molecule has 0 aromatic carbocycles. The maximum Gasteiger partial charge on any atom is 0.235 e. The van der Waals surface area contributed by atoms with Crippen LogP contribution in [0.4, 0.5) is 0 Å². The number of carbonyl (C=O) groups is 1. The standard InChI is InChI=1S/C12H23N3O/c1-2-14-11(12(13)16)8-15-6-9-4-3-5-10(9)7-15/h9-11,14H,2-8H2,1H3,(H2,13,16). The maximum atomic E-state index is 11.3. The molecule has 92 valence electrons. The van der Waals surface area contributed by atoms with Crippen molar-refractivity contribution in [1.82, 2.24) is 10.2 Å². The normalized spacial score (nSPS) is 31.6. The summed E-state index contributed by atoms with van der Waals surface area (Å²) in [5, 5.41) is 3.16. The van der Waals surface area contributed by atoms with E-state index in [2.05, 4.69) is 10.2 Å². The molecule has 4 heteroatoms. The van der Waals surface area contributed by atoms with Gasteiger partial charge in [-0.2, -0.15) is 0 Å². The first-order valence-corrected chi connectivity index (χ1v) is 6.45. The summed E-state index contributed by atoms with van der Waals surface area (Å²) in [5.74, 6) is 1.55. The van der Waals surface area contributed by atoms with Crippen LogP contribution in [-0.2, 0) is 4.79 Å². The molecule has 4 nitrogen and oxygen atoms in total. The molecule has 1 aliphatic heterocycles. The second-order valence-electron chi connectivity index (χ2n) is 5.18. The van der Waals surface area contributed by atoms with E-state index in [9.17, 15) is 4.79 Å². The number of likely N-dealkylation sites (N-methyl/N-ethyl adjacent to an activating group) is 1. The predicted octanol–water partition coefficient (Wildman–Crippen LogP) is 0.182. The number of nitrogens with two attached hydrogens (primary N) is 1. The van der Waals surface area contributed by atoms with E-state index >= 15 is 0 Å². The van der Waals surface area contributed by atoms with Crippen LogP contribution in [0.5, 0.6) is 0 Å². The van der Waals surface area contributed by atoms with Gasteiger partial charge in [-0.1, -0.05) is 13.3 Å². The van der Waals surface area contributed by atoms with Crippen LogP contribution in [0.15, 0.2) is 0 Å². The Morgan fingerprint density at radius 2 is 2.06 bits per heavy atom. The highest BCUT2D eigenvalue weighted by Crippen LogP contribution is 2.37. The van der Waals surface area contributed by atoms with E-state index in [0.717, 1.165) is 24.9 Å². The monoisotopic (exact) mass is 225 g/mol. The highest BCUT2D eigenvalue weighted by Gasteiger charge is 2.36. The van der Waals surface area contributed by atoms with E-state index < -0.39 is 0 Å². The van der Waals surface area contributed by atoms with Crippen molar-refractivity contribution in [2.24, 2.45) is 17.6 Å². The fraction of sp³-hybridized carbons (Fsp3) is 0.917. The Balaban J connectivity index is 1.83. The van der Waals surface area contributed by atoms with Crippen molar-refractivity contribution < 1.29 is 4.79 Å². The average molecular weight is 225 g/mol. The zero-order valence-corrected chi connectivity index (χ0v) is 10.1. The van der Waals surface area contributed by atoms with Gasteiger partial charge >= 0.3 is 0 Å². The second-order valence-corrected chi connectivity index (χ2v) is 5.18. The van der Waals surface area contributed by atoms with Crippen LogP contribution in [0.1, 0.15) is 26.2 Å². The summed E-state index contributed by atoms with van der Waals surface area (Å²) in [6, 6.07) is -0.177. The molecule has 16 heavy (non-hydrogen) atoms. The third-order valence-electron chi connectivity index (χ3n) is 4.04. The zero-order valence-electron chi connectivity index (χ0n) is 10.1. The minimum Gasteiger partial charge on any atom is -0.368 e. The number of primary amides is 1. The van der Waals surface area contributed by atoms with Gasteiger partial charge in [0.25, 0.3) is 0 Å². The number of amides is 1. The first-order valence-electron chi connectivity index (χ1n) is 6.45. The third-order valence-corrected chi connectivity index (χ3v) is 4.04. The fourth-order valence-corrected chi connectivity index (χ4v) is 3.24. The molecule has 0 aromatic heterocycles. The van der Waals surface area contributed by atoms with Crippen molar-refractivity contribution in [3.63, 3.8) is 0 Å². The largest absolute Gasteiger partial charge is 0.368 e. The van der Waals surface area contributed by atoms with Crippen LogP contribution in [0.3, 0.4) is 0 Å². The first-order chi connectivity index (χ1) is 7.70.